The SMILES string of the molecule is CCC(CC)(CCCCOCCCCC(CC)(CC)CC(=O)O)CCCOP(=O)(O)O. The molecule has 0 aliphatic heterocycles. The molecule has 0 heterocycles. The summed E-state index contributed by atoms with van der Waals surface area (Å²) in [7, 11) is -4.37. The average Bonchev–Trinajstić information content (AvgIpc) is 2.72. The molecular weight excluding hydrogens is 419 g/mol. The van der Waals surface area contributed by atoms with Gasteiger partial charge in [-0.2, -0.15) is 0 Å². The van der Waals surface area contributed by atoms with Crippen molar-refractivity contribution in [2.75, 3.05) is 19.8 Å². The maximum atomic E-state index is 11.1. The topological polar surface area (TPSA) is 113 Å². The highest BCUT2D eigenvalue weighted by molar-refractivity contribution is 7.46. The molecule has 0 aromatic carbocycles. The van der Waals surface area contributed by atoms with E-state index in [4.69, 9.17) is 19.6 Å². The quantitative estimate of drug-likeness (QED) is 0.134. The Labute approximate surface area is 189 Å². The molecule has 186 valence electrons. The van der Waals surface area contributed by atoms with Gasteiger partial charge in [0.2, 0.25) is 0 Å². The first-order valence-electron chi connectivity index (χ1n) is 12.1. The lowest BCUT2D eigenvalue weighted by molar-refractivity contribution is -0.140. The number of rotatable bonds is 21. The summed E-state index contributed by atoms with van der Waals surface area (Å²) in [4.78, 5) is 28.7. The third-order valence-electron chi connectivity index (χ3n) is 7.13. The fraction of sp³-hybridized carbons (Fsp3) is 0.957. The molecule has 0 unspecified atom stereocenters. The Kier molecular flexibility index (Phi) is 16.0. The molecule has 8 heteroatoms. The third kappa shape index (κ3) is 14.3. The molecule has 0 aliphatic rings. The summed E-state index contributed by atoms with van der Waals surface area (Å²) in [5.41, 5.74) is 0.123. The van der Waals surface area contributed by atoms with E-state index in [2.05, 4.69) is 32.2 Å². The van der Waals surface area contributed by atoms with Gasteiger partial charge in [-0.25, -0.2) is 4.57 Å². The van der Waals surface area contributed by atoms with E-state index in [0.29, 0.717) is 6.42 Å². The van der Waals surface area contributed by atoms with Crippen LogP contribution in [0.3, 0.4) is 0 Å². The van der Waals surface area contributed by atoms with E-state index in [9.17, 15) is 9.36 Å². The molecule has 0 atom stereocenters. The molecule has 0 radical (unpaired) electrons. The van der Waals surface area contributed by atoms with Crippen molar-refractivity contribution in [3.63, 3.8) is 0 Å². The van der Waals surface area contributed by atoms with Crippen LogP contribution < -0.4 is 0 Å². The van der Waals surface area contributed by atoms with Gasteiger partial charge in [-0.05, 0) is 62.2 Å². The Morgan fingerprint density at radius 3 is 1.61 bits per heavy atom. The summed E-state index contributed by atoms with van der Waals surface area (Å²) >= 11 is 0. The van der Waals surface area contributed by atoms with Gasteiger partial charge in [0.1, 0.15) is 0 Å². The predicted molar refractivity (Wildman–Crippen MR) is 124 cm³/mol. The van der Waals surface area contributed by atoms with Crippen molar-refractivity contribution >= 4 is 13.8 Å². The van der Waals surface area contributed by atoms with E-state index < -0.39 is 13.8 Å². The van der Waals surface area contributed by atoms with Crippen LogP contribution in [0.2, 0.25) is 0 Å². The van der Waals surface area contributed by atoms with Gasteiger partial charge in [-0.3, -0.25) is 9.32 Å². The van der Waals surface area contributed by atoms with Gasteiger partial charge >= 0.3 is 13.8 Å². The Morgan fingerprint density at radius 2 is 1.19 bits per heavy atom. The lowest BCUT2D eigenvalue weighted by atomic mass is 9.74. The van der Waals surface area contributed by atoms with Crippen molar-refractivity contribution < 1.29 is 33.5 Å². The van der Waals surface area contributed by atoms with Gasteiger partial charge < -0.3 is 19.6 Å². The number of carboxylic acids is 1. The first-order valence-corrected chi connectivity index (χ1v) is 13.6. The molecule has 0 aliphatic carbocycles. The normalized spacial score (nSPS) is 13.0. The number of unbranched alkanes of at least 4 members (excludes halogenated alkanes) is 2. The molecule has 0 aromatic heterocycles. The van der Waals surface area contributed by atoms with Crippen LogP contribution in [-0.2, 0) is 18.6 Å². The molecule has 0 saturated carbocycles. The predicted octanol–water partition coefficient (Wildman–Crippen LogP) is 6.32. The second kappa shape index (κ2) is 16.2. The van der Waals surface area contributed by atoms with Crippen molar-refractivity contribution in [3.05, 3.63) is 0 Å². The molecule has 31 heavy (non-hydrogen) atoms. The molecule has 0 spiro atoms. The molecule has 0 rings (SSSR count). The highest BCUT2D eigenvalue weighted by Crippen LogP contribution is 2.40. The average molecular weight is 467 g/mol. The summed E-state index contributed by atoms with van der Waals surface area (Å²) in [6.45, 7) is 10.1. The minimum atomic E-state index is -4.37. The maximum absolute atomic E-state index is 11.1. The largest absolute Gasteiger partial charge is 0.481 e. The monoisotopic (exact) mass is 466 g/mol. The molecule has 3 N–H and O–H groups in total. The number of aliphatic carboxylic acids is 1. The summed E-state index contributed by atoms with van der Waals surface area (Å²) in [6, 6.07) is 0. The van der Waals surface area contributed by atoms with Gasteiger partial charge in [-0.15, -0.1) is 0 Å². The van der Waals surface area contributed by atoms with E-state index in [-0.39, 0.29) is 23.9 Å². The van der Waals surface area contributed by atoms with Crippen LogP contribution in [0.1, 0.15) is 111 Å². The minimum Gasteiger partial charge on any atom is -0.481 e. The van der Waals surface area contributed by atoms with Gasteiger partial charge in [-0.1, -0.05) is 53.4 Å². The van der Waals surface area contributed by atoms with Crippen LogP contribution in [0.4, 0.5) is 0 Å². The number of carbonyl (C=O) groups is 1. The lowest BCUT2D eigenvalue weighted by Gasteiger charge is -2.32. The van der Waals surface area contributed by atoms with Crippen LogP contribution in [-0.4, -0.2) is 40.7 Å². The number of phosphoric ester groups is 1. The summed E-state index contributed by atoms with van der Waals surface area (Å²) in [6.07, 6.45) is 11.8. The second-order valence-electron chi connectivity index (χ2n) is 8.94. The van der Waals surface area contributed by atoms with Gasteiger partial charge in [0.05, 0.1) is 13.0 Å². The minimum absolute atomic E-state index is 0.0776. The van der Waals surface area contributed by atoms with Crippen LogP contribution in [0, 0.1) is 10.8 Å². The zero-order valence-corrected chi connectivity index (χ0v) is 21.1. The summed E-state index contributed by atoms with van der Waals surface area (Å²) in [5, 5.41) is 9.16. The first-order chi connectivity index (χ1) is 14.6. The molecule has 0 aromatic rings. The molecule has 7 nitrogen and oxygen atoms in total. The van der Waals surface area contributed by atoms with Crippen molar-refractivity contribution in [1.29, 1.82) is 0 Å². The smallest absolute Gasteiger partial charge is 0.469 e. The Bertz CT molecular complexity index is 510. The van der Waals surface area contributed by atoms with E-state index in [1.165, 1.54) is 0 Å². The van der Waals surface area contributed by atoms with E-state index in [1.54, 1.807) is 0 Å². The van der Waals surface area contributed by atoms with Crippen molar-refractivity contribution in [1.82, 2.24) is 0 Å². The van der Waals surface area contributed by atoms with E-state index >= 15 is 0 Å². The first kappa shape index (κ1) is 30.5. The Balaban J connectivity index is 4.02. The molecular formula is C23H47O7P. The standard InChI is InChI=1S/C23H47O7P/c1-5-22(6-2,16-13-19-30-31(26,27)28)14-9-11-17-29-18-12-10-15-23(7-3,8-4)20-21(24)25/h5-20H2,1-4H3,(H,24,25)(H2,26,27,28). The molecule has 0 saturated heterocycles. The zero-order valence-electron chi connectivity index (χ0n) is 20.2. The zero-order chi connectivity index (χ0) is 23.8. The van der Waals surface area contributed by atoms with Crippen LogP contribution >= 0.6 is 7.82 Å². The van der Waals surface area contributed by atoms with Gasteiger partial charge in [0.25, 0.3) is 0 Å². The van der Waals surface area contributed by atoms with Crippen molar-refractivity contribution in [2.24, 2.45) is 10.8 Å². The van der Waals surface area contributed by atoms with Crippen LogP contribution in [0.25, 0.3) is 0 Å². The number of hydrogen-bond acceptors (Lipinski definition) is 4. The maximum Gasteiger partial charge on any atom is 0.469 e. The molecule has 0 amide bonds. The number of phosphoric acid groups is 1. The van der Waals surface area contributed by atoms with Crippen molar-refractivity contribution in [3.8, 4) is 0 Å². The van der Waals surface area contributed by atoms with E-state index in [1.807, 2.05) is 0 Å². The van der Waals surface area contributed by atoms with E-state index in [0.717, 1.165) is 83.8 Å². The lowest BCUT2D eigenvalue weighted by Crippen LogP contribution is -2.23. The van der Waals surface area contributed by atoms with Gasteiger partial charge in [0, 0.05) is 13.2 Å². The molecule has 0 bridgehead atoms. The Morgan fingerprint density at radius 1 is 0.742 bits per heavy atom. The Hall–Kier alpha value is -0.460. The van der Waals surface area contributed by atoms with Crippen LogP contribution in [0.5, 0.6) is 0 Å². The van der Waals surface area contributed by atoms with Crippen LogP contribution in [0.15, 0.2) is 0 Å². The van der Waals surface area contributed by atoms with Gasteiger partial charge in [0.15, 0.2) is 0 Å². The number of carboxylic acid groups (broad SMARTS) is 1. The fourth-order valence-corrected chi connectivity index (χ4v) is 4.85. The molecule has 0 fully saturated rings. The highest BCUT2D eigenvalue weighted by atomic mass is 31.2. The van der Waals surface area contributed by atoms with Crippen molar-refractivity contribution in [2.45, 2.75) is 111 Å². The summed E-state index contributed by atoms with van der Waals surface area (Å²) < 4.78 is 21.2. The highest BCUT2D eigenvalue weighted by Gasteiger charge is 2.28. The second-order valence-corrected chi connectivity index (χ2v) is 10.2. The number of hydrogen-bond donors (Lipinski definition) is 3. The fourth-order valence-electron chi connectivity index (χ4n) is 4.49. The summed E-state index contributed by atoms with van der Waals surface area (Å²) in [5.74, 6) is -0.704. The third-order valence-corrected chi connectivity index (χ3v) is 7.65. The number of ether oxygens (including phenoxy) is 1.